The van der Waals surface area contributed by atoms with Crippen molar-refractivity contribution >= 4 is 23.0 Å². The summed E-state index contributed by atoms with van der Waals surface area (Å²) in [6, 6.07) is 11.3. The van der Waals surface area contributed by atoms with Gasteiger partial charge < -0.3 is 5.32 Å². The molecule has 2 aromatic heterocycles. The Morgan fingerprint density at radius 1 is 1.23 bits per heavy atom. The van der Waals surface area contributed by atoms with Gasteiger partial charge in [-0.15, -0.1) is 11.3 Å². The van der Waals surface area contributed by atoms with Gasteiger partial charge in [-0.1, -0.05) is 6.07 Å². The van der Waals surface area contributed by atoms with Gasteiger partial charge in [-0.2, -0.15) is 5.10 Å². The van der Waals surface area contributed by atoms with E-state index in [4.69, 9.17) is 0 Å². The molecule has 3 aromatic rings. The number of rotatable bonds is 4. The first-order chi connectivity index (χ1) is 12.6. The number of fused-ring (bicyclic) bond motifs is 1. The molecule has 6 heteroatoms. The molecule has 0 unspecified atom stereocenters. The fourth-order valence-corrected chi connectivity index (χ4v) is 4.00. The Labute approximate surface area is 155 Å². The lowest BCUT2D eigenvalue weighted by molar-refractivity contribution is 0.0948. The van der Waals surface area contributed by atoms with Gasteiger partial charge in [-0.3, -0.25) is 9.59 Å². The molecule has 0 spiro atoms. The number of nitrogens with zero attached hydrogens (tertiary/aromatic N) is 2. The lowest BCUT2D eigenvalue weighted by atomic mass is 9.94. The number of carbonyl (C=O) groups is 2. The highest BCUT2D eigenvalue weighted by molar-refractivity contribution is 7.09. The second-order valence-corrected chi connectivity index (χ2v) is 7.44. The van der Waals surface area contributed by atoms with Gasteiger partial charge in [0.15, 0.2) is 5.78 Å². The largest absolute Gasteiger partial charge is 0.347 e. The van der Waals surface area contributed by atoms with Crippen LogP contribution in [0.2, 0.25) is 0 Å². The smallest absolute Gasteiger partial charge is 0.251 e. The summed E-state index contributed by atoms with van der Waals surface area (Å²) in [6.45, 7) is 2.41. The lowest BCUT2D eigenvalue weighted by Gasteiger charge is -2.13. The van der Waals surface area contributed by atoms with Gasteiger partial charge in [0, 0.05) is 16.9 Å². The number of nitrogens with one attached hydrogen (secondary N) is 1. The number of amides is 1. The Morgan fingerprint density at radius 3 is 2.77 bits per heavy atom. The van der Waals surface area contributed by atoms with Crippen LogP contribution in [0.3, 0.4) is 0 Å². The average Bonchev–Trinajstić information content (AvgIpc) is 3.28. The molecule has 1 aromatic carbocycles. The number of carbonyl (C=O) groups excluding carboxylic acids is 2. The molecular weight excluding hydrogens is 346 g/mol. The van der Waals surface area contributed by atoms with Crippen molar-refractivity contribution in [2.75, 3.05) is 0 Å². The number of hydrogen-bond donors (Lipinski definition) is 1. The second kappa shape index (κ2) is 6.88. The zero-order chi connectivity index (χ0) is 18.1. The van der Waals surface area contributed by atoms with E-state index in [9.17, 15) is 9.59 Å². The van der Waals surface area contributed by atoms with Crippen LogP contribution in [0, 0.1) is 6.92 Å². The highest BCUT2D eigenvalue weighted by Gasteiger charge is 2.25. The summed E-state index contributed by atoms with van der Waals surface area (Å²) in [7, 11) is 0. The highest BCUT2D eigenvalue weighted by atomic mass is 32.1. The predicted molar refractivity (Wildman–Crippen MR) is 101 cm³/mol. The summed E-state index contributed by atoms with van der Waals surface area (Å²) < 4.78 is 1.84. The van der Waals surface area contributed by atoms with Crippen molar-refractivity contribution in [2.24, 2.45) is 0 Å². The molecule has 1 aliphatic carbocycles. The molecule has 132 valence electrons. The summed E-state index contributed by atoms with van der Waals surface area (Å²) in [5.41, 5.74) is 4.02. The van der Waals surface area contributed by atoms with Gasteiger partial charge in [0.25, 0.3) is 5.91 Å². The predicted octanol–water partition coefficient (Wildman–Crippen LogP) is 3.69. The molecule has 0 atom stereocenters. The summed E-state index contributed by atoms with van der Waals surface area (Å²) in [5.74, 6) is 0.0818. The number of thiophene rings is 1. The van der Waals surface area contributed by atoms with Crippen molar-refractivity contribution in [1.82, 2.24) is 15.1 Å². The molecule has 0 fully saturated rings. The molecule has 0 saturated carbocycles. The van der Waals surface area contributed by atoms with Crippen LogP contribution in [0.15, 0.2) is 41.8 Å². The number of aryl methyl sites for hydroxylation is 1. The number of Topliss-reactive ketones (excluding diaryl/α,β-unsaturated/α-hetero) is 1. The first kappa shape index (κ1) is 16.7. The van der Waals surface area contributed by atoms with Crippen LogP contribution in [0.1, 0.15) is 49.8 Å². The minimum absolute atomic E-state index is 0.0983. The maximum atomic E-state index is 12.3. The van der Waals surface area contributed by atoms with E-state index in [0.717, 1.165) is 40.4 Å². The number of ketones is 1. The van der Waals surface area contributed by atoms with Crippen LogP contribution >= 0.6 is 11.3 Å². The molecule has 0 radical (unpaired) electrons. The van der Waals surface area contributed by atoms with Gasteiger partial charge >= 0.3 is 0 Å². The summed E-state index contributed by atoms with van der Waals surface area (Å²) in [6.07, 6.45) is 2.31. The van der Waals surface area contributed by atoms with Crippen molar-refractivity contribution in [3.05, 3.63) is 69.2 Å². The molecule has 1 amide bonds. The molecule has 2 heterocycles. The summed E-state index contributed by atoms with van der Waals surface area (Å²) >= 11 is 1.62. The van der Waals surface area contributed by atoms with Crippen molar-refractivity contribution in [2.45, 2.75) is 32.7 Å². The van der Waals surface area contributed by atoms with Gasteiger partial charge in [0.1, 0.15) is 0 Å². The van der Waals surface area contributed by atoms with Crippen LogP contribution in [0.4, 0.5) is 0 Å². The van der Waals surface area contributed by atoms with Gasteiger partial charge in [0.2, 0.25) is 0 Å². The summed E-state index contributed by atoms with van der Waals surface area (Å²) in [4.78, 5) is 25.6. The van der Waals surface area contributed by atoms with Gasteiger partial charge in [-0.25, -0.2) is 4.68 Å². The Balaban J connectivity index is 1.54. The number of aromatic nitrogens is 2. The maximum Gasteiger partial charge on any atom is 0.251 e. The van der Waals surface area contributed by atoms with Crippen molar-refractivity contribution < 1.29 is 9.59 Å². The van der Waals surface area contributed by atoms with E-state index in [2.05, 4.69) is 10.4 Å². The zero-order valence-electron chi connectivity index (χ0n) is 14.5. The third kappa shape index (κ3) is 3.08. The SMILES string of the molecule is Cc1nn(-c2ccc(C(=O)NCc3cccs3)cc2)c2c1C(=O)CCC2. The van der Waals surface area contributed by atoms with Crippen molar-refractivity contribution in [1.29, 1.82) is 0 Å². The third-order valence-corrected chi connectivity index (χ3v) is 5.51. The van der Waals surface area contributed by atoms with Crippen LogP contribution in [0.25, 0.3) is 5.69 Å². The maximum absolute atomic E-state index is 12.3. The third-order valence-electron chi connectivity index (χ3n) is 4.63. The first-order valence-electron chi connectivity index (χ1n) is 8.66. The summed E-state index contributed by atoms with van der Waals surface area (Å²) in [5, 5.41) is 9.47. The average molecular weight is 365 g/mol. The first-order valence-corrected chi connectivity index (χ1v) is 9.54. The molecule has 1 aliphatic rings. The van der Waals surface area contributed by atoms with Crippen molar-refractivity contribution in [3.8, 4) is 5.69 Å². The quantitative estimate of drug-likeness (QED) is 0.767. The van der Waals surface area contributed by atoms with Crippen LogP contribution in [-0.4, -0.2) is 21.5 Å². The van der Waals surface area contributed by atoms with E-state index in [1.54, 1.807) is 23.5 Å². The molecule has 0 saturated heterocycles. The minimum atomic E-state index is -0.0983. The van der Waals surface area contributed by atoms with E-state index in [0.29, 0.717) is 18.5 Å². The minimum Gasteiger partial charge on any atom is -0.347 e. The van der Waals surface area contributed by atoms with Gasteiger partial charge in [0.05, 0.1) is 29.2 Å². The molecule has 4 rings (SSSR count). The molecule has 1 N–H and O–H groups in total. The molecular formula is C20H19N3O2S. The topological polar surface area (TPSA) is 64.0 Å². The lowest BCUT2D eigenvalue weighted by Crippen LogP contribution is -2.22. The van der Waals surface area contributed by atoms with Crippen LogP contribution in [-0.2, 0) is 13.0 Å². The Bertz CT molecular complexity index is 956. The van der Waals surface area contributed by atoms with E-state index in [1.807, 2.05) is 41.3 Å². The fourth-order valence-electron chi connectivity index (χ4n) is 3.36. The Kier molecular flexibility index (Phi) is 4.42. The molecule has 26 heavy (non-hydrogen) atoms. The molecule has 0 aliphatic heterocycles. The monoisotopic (exact) mass is 365 g/mol. The second-order valence-electron chi connectivity index (χ2n) is 6.40. The zero-order valence-corrected chi connectivity index (χ0v) is 15.3. The van der Waals surface area contributed by atoms with E-state index in [-0.39, 0.29) is 11.7 Å². The molecule has 5 nitrogen and oxygen atoms in total. The van der Waals surface area contributed by atoms with E-state index in [1.165, 1.54) is 0 Å². The number of benzene rings is 1. The van der Waals surface area contributed by atoms with E-state index >= 15 is 0 Å². The van der Waals surface area contributed by atoms with E-state index < -0.39 is 0 Å². The standard InChI is InChI=1S/C20H19N3O2S/c1-13-19-17(5-2-6-18(19)24)23(22-13)15-9-7-14(8-10-15)20(25)21-12-16-4-3-11-26-16/h3-4,7-11H,2,5-6,12H2,1H3,(H,21,25). The van der Waals surface area contributed by atoms with Gasteiger partial charge in [-0.05, 0) is 55.5 Å². The Hall–Kier alpha value is -2.73. The number of hydrogen-bond acceptors (Lipinski definition) is 4. The Morgan fingerprint density at radius 2 is 2.04 bits per heavy atom. The normalized spacial score (nSPS) is 13.5. The van der Waals surface area contributed by atoms with Crippen LogP contribution < -0.4 is 5.32 Å². The highest BCUT2D eigenvalue weighted by Crippen LogP contribution is 2.26. The van der Waals surface area contributed by atoms with Crippen molar-refractivity contribution in [3.63, 3.8) is 0 Å². The fraction of sp³-hybridized carbons (Fsp3) is 0.250. The molecule has 0 bridgehead atoms. The van der Waals surface area contributed by atoms with Crippen LogP contribution in [0.5, 0.6) is 0 Å².